The summed E-state index contributed by atoms with van der Waals surface area (Å²) in [5, 5.41) is 0. The first-order valence-corrected chi connectivity index (χ1v) is 10.1. The van der Waals surface area contributed by atoms with Gasteiger partial charge in [-0.3, -0.25) is 9.59 Å². The van der Waals surface area contributed by atoms with E-state index in [9.17, 15) is 9.59 Å². The Morgan fingerprint density at radius 1 is 0.800 bits per heavy atom. The number of rotatable bonds is 2. The third-order valence-electron chi connectivity index (χ3n) is 6.61. The summed E-state index contributed by atoms with van der Waals surface area (Å²) >= 11 is 0. The lowest BCUT2D eigenvalue weighted by atomic mass is 9.88. The van der Waals surface area contributed by atoms with E-state index in [2.05, 4.69) is 34.1 Å². The molecule has 2 aliphatic heterocycles. The van der Waals surface area contributed by atoms with E-state index in [1.54, 1.807) is 0 Å². The Balaban J connectivity index is 1.43. The molecule has 0 aromatic carbocycles. The lowest BCUT2D eigenvalue weighted by molar-refractivity contribution is -0.141. The average Bonchev–Trinajstić information content (AvgIpc) is 3.12. The topological polar surface area (TPSA) is 40.6 Å². The summed E-state index contributed by atoms with van der Waals surface area (Å²) in [7, 11) is 0. The largest absolute Gasteiger partial charge is 0.340 e. The summed E-state index contributed by atoms with van der Waals surface area (Å²) in [6.45, 7) is 2.50. The highest BCUT2D eigenvalue weighted by atomic mass is 16.2. The standard InChI is InChI=1S/C21H30N2O2/c24-20(16-8-3-1-4-9-16)22-14-18-12-7-13-23(19(18)15-22)21(25)17-10-5-2-6-11-17/h1-3,5,16-19H,4,6-15H2/t16-,17-,18+,19-/m1/s1. The quantitative estimate of drug-likeness (QED) is 0.723. The van der Waals surface area contributed by atoms with Crippen molar-refractivity contribution in [2.75, 3.05) is 19.6 Å². The molecule has 4 aliphatic rings. The third-order valence-corrected chi connectivity index (χ3v) is 6.61. The van der Waals surface area contributed by atoms with Crippen LogP contribution >= 0.6 is 0 Å². The Kier molecular flexibility index (Phi) is 4.96. The fraction of sp³-hybridized carbons (Fsp3) is 0.714. The molecular weight excluding hydrogens is 312 g/mol. The summed E-state index contributed by atoms with van der Waals surface area (Å²) in [5.41, 5.74) is 0. The molecule has 2 heterocycles. The van der Waals surface area contributed by atoms with Gasteiger partial charge in [-0.15, -0.1) is 0 Å². The van der Waals surface area contributed by atoms with Crippen LogP contribution in [0.15, 0.2) is 24.3 Å². The van der Waals surface area contributed by atoms with Gasteiger partial charge in [-0.1, -0.05) is 24.3 Å². The van der Waals surface area contributed by atoms with Crippen molar-refractivity contribution >= 4 is 11.8 Å². The second-order valence-corrected chi connectivity index (χ2v) is 8.21. The zero-order valence-corrected chi connectivity index (χ0v) is 15.1. The number of amides is 2. The Bertz CT molecular complexity index is 582. The van der Waals surface area contributed by atoms with Crippen molar-refractivity contribution in [1.29, 1.82) is 0 Å². The van der Waals surface area contributed by atoms with Gasteiger partial charge in [0.2, 0.25) is 11.8 Å². The maximum Gasteiger partial charge on any atom is 0.226 e. The number of fused-ring (bicyclic) bond motifs is 1. The minimum atomic E-state index is 0.164. The van der Waals surface area contributed by atoms with E-state index in [0.717, 1.165) is 71.0 Å². The highest BCUT2D eigenvalue weighted by Gasteiger charge is 2.44. The highest BCUT2D eigenvalue weighted by molar-refractivity contribution is 5.81. The summed E-state index contributed by atoms with van der Waals surface area (Å²) in [5.74, 6) is 1.48. The van der Waals surface area contributed by atoms with Crippen LogP contribution in [0.5, 0.6) is 0 Å². The van der Waals surface area contributed by atoms with Crippen molar-refractivity contribution in [3.8, 4) is 0 Å². The molecule has 2 fully saturated rings. The lowest BCUT2D eigenvalue weighted by Gasteiger charge is -2.39. The minimum absolute atomic E-state index is 0.164. The predicted octanol–water partition coefficient (Wildman–Crippen LogP) is 3.15. The number of likely N-dealkylation sites (tertiary alicyclic amines) is 2. The van der Waals surface area contributed by atoms with E-state index >= 15 is 0 Å². The van der Waals surface area contributed by atoms with Crippen LogP contribution in [0.3, 0.4) is 0 Å². The van der Waals surface area contributed by atoms with Gasteiger partial charge in [0.25, 0.3) is 0 Å². The summed E-state index contributed by atoms with van der Waals surface area (Å²) in [4.78, 5) is 30.2. The van der Waals surface area contributed by atoms with Gasteiger partial charge < -0.3 is 9.80 Å². The molecule has 4 atom stereocenters. The monoisotopic (exact) mass is 342 g/mol. The van der Waals surface area contributed by atoms with E-state index in [4.69, 9.17) is 0 Å². The number of carbonyl (C=O) groups excluding carboxylic acids is 2. The second-order valence-electron chi connectivity index (χ2n) is 8.21. The number of hydrogen-bond donors (Lipinski definition) is 0. The zero-order chi connectivity index (χ0) is 17.2. The molecule has 0 bridgehead atoms. The summed E-state index contributed by atoms with van der Waals surface area (Å²) < 4.78 is 0. The Labute approximate surface area is 150 Å². The second kappa shape index (κ2) is 7.35. The number of piperidine rings is 1. The normalized spacial score (nSPS) is 34.9. The molecule has 0 aromatic rings. The van der Waals surface area contributed by atoms with Crippen LogP contribution in [0.4, 0.5) is 0 Å². The maximum atomic E-state index is 13.1. The number of carbonyl (C=O) groups is 2. The zero-order valence-electron chi connectivity index (χ0n) is 15.1. The molecule has 25 heavy (non-hydrogen) atoms. The molecule has 2 saturated heterocycles. The van der Waals surface area contributed by atoms with Gasteiger partial charge in [0, 0.05) is 31.5 Å². The van der Waals surface area contributed by atoms with Crippen molar-refractivity contribution in [3.63, 3.8) is 0 Å². The van der Waals surface area contributed by atoms with Crippen molar-refractivity contribution in [1.82, 2.24) is 9.80 Å². The van der Waals surface area contributed by atoms with Crippen molar-refractivity contribution in [3.05, 3.63) is 24.3 Å². The van der Waals surface area contributed by atoms with Crippen molar-refractivity contribution in [2.24, 2.45) is 17.8 Å². The Hall–Kier alpha value is -1.58. The SMILES string of the molecule is O=C([C@@H]1CC=CCC1)N1C[C@@H]2CCCN(C(=O)[C@@H]3CC=CCC3)[C@@H]2C1. The van der Waals surface area contributed by atoms with E-state index in [0.29, 0.717) is 17.7 Å². The molecular formula is C21H30N2O2. The molecule has 4 nitrogen and oxygen atoms in total. The van der Waals surface area contributed by atoms with Crippen molar-refractivity contribution in [2.45, 2.75) is 57.4 Å². The van der Waals surface area contributed by atoms with Gasteiger partial charge in [0.1, 0.15) is 0 Å². The first kappa shape index (κ1) is 16.9. The fourth-order valence-electron chi connectivity index (χ4n) is 5.16. The molecule has 2 aliphatic carbocycles. The van der Waals surface area contributed by atoms with Crippen LogP contribution in [-0.2, 0) is 9.59 Å². The van der Waals surface area contributed by atoms with E-state index in [1.807, 2.05) is 0 Å². The summed E-state index contributed by atoms with van der Waals surface area (Å²) in [6.07, 6.45) is 16.7. The number of nitrogens with zero attached hydrogens (tertiary/aromatic N) is 2. The lowest BCUT2D eigenvalue weighted by Crippen LogP contribution is -2.50. The molecule has 2 amide bonds. The smallest absolute Gasteiger partial charge is 0.226 e. The van der Waals surface area contributed by atoms with Crippen LogP contribution in [0.25, 0.3) is 0 Å². The van der Waals surface area contributed by atoms with Gasteiger partial charge >= 0.3 is 0 Å². The van der Waals surface area contributed by atoms with Gasteiger partial charge in [-0.25, -0.2) is 0 Å². The molecule has 4 rings (SSSR count). The molecule has 0 radical (unpaired) electrons. The van der Waals surface area contributed by atoms with Gasteiger partial charge in [0.15, 0.2) is 0 Å². The molecule has 0 aromatic heterocycles. The number of hydrogen-bond acceptors (Lipinski definition) is 2. The van der Waals surface area contributed by atoms with E-state index in [1.165, 1.54) is 0 Å². The van der Waals surface area contributed by atoms with Gasteiger partial charge in [-0.05, 0) is 57.3 Å². The third kappa shape index (κ3) is 3.40. The van der Waals surface area contributed by atoms with Gasteiger partial charge in [-0.2, -0.15) is 0 Å². The maximum absolute atomic E-state index is 13.1. The molecule has 0 unspecified atom stereocenters. The van der Waals surface area contributed by atoms with Crippen LogP contribution in [-0.4, -0.2) is 47.3 Å². The fourth-order valence-corrected chi connectivity index (χ4v) is 5.16. The van der Waals surface area contributed by atoms with E-state index in [-0.39, 0.29) is 17.9 Å². The van der Waals surface area contributed by atoms with Crippen LogP contribution in [0.2, 0.25) is 0 Å². The molecule has 0 saturated carbocycles. The predicted molar refractivity (Wildman–Crippen MR) is 97.8 cm³/mol. The summed E-state index contributed by atoms with van der Waals surface area (Å²) in [6, 6.07) is 0.259. The van der Waals surface area contributed by atoms with Crippen LogP contribution < -0.4 is 0 Å². The Morgan fingerprint density at radius 2 is 1.48 bits per heavy atom. The highest BCUT2D eigenvalue weighted by Crippen LogP contribution is 2.34. The van der Waals surface area contributed by atoms with E-state index < -0.39 is 0 Å². The van der Waals surface area contributed by atoms with Crippen LogP contribution in [0.1, 0.15) is 51.4 Å². The Morgan fingerprint density at radius 3 is 2.12 bits per heavy atom. The first-order valence-electron chi connectivity index (χ1n) is 10.1. The molecule has 136 valence electrons. The van der Waals surface area contributed by atoms with Crippen LogP contribution in [0, 0.1) is 17.8 Å². The molecule has 4 heteroatoms. The number of allylic oxidation sites excluding steroid dienone is 4. The van der Waals surface area contributed by atoms with Crippen molar-refractivity contribution < 1.29 is 9.59 Å². The van der Waals surface area contributed by atoms with Gasteiger partial charge in [0.05, 0.1) is 6.04 Å². The molecule has 0 N–H and O–H groups in total. The first-order chi connectivity index (χ1) is 12.2. The average molecular weight is 342 g/mol. The molecule has 0 spiro atoms. The minimum Gasteiger partial charge on any atom is -0.340 e.